The first-order valence-electron chi connectivity index (χ1n) is 8.43. The van der Waals surface area contributed by atoms with Crippen molar-refractivity contribution in [1.29, 1.82) is 0 Å². The number of rotatable bonds is 5. The van der Waals surface area contributed by atoms with Gasteiger partial charge in [-0.25, -0.2) is 4.98 Å². The van der Waals surface area contributed by atoms with Gasteiger partial charge in [-0.15, -0.1) is 10.2 Å². The molecule has 1 atom stereocenters. The van der Waals surface area contributed by atoms with Crippen molar-refractivity contribution in [3.05, 3.63) is 35.5 Å². The van der Waals surface area contributed by atoms with Crippen LogP contribution < -0.4 is 5.32 Å². The van der Waals surface area contributed by atoms with Crippen LogP contribution in [0.1, 0.15) is 31.0 Å². The SMILES string of the molecule is CCN1CCC[C@@H]1CNc1nc(-c2cccc(C)c2)nnc1C. The van der Waals surface area contributed by atoms with E-state index in [1.165, 1.54) is 24.9 Å². The van der Waals surface area contributed by atoms with Gasteiger partial charge in [0.15, 0.2) is 11.6 Å². The second kappa shape index (κ2) is 7.04. The first kappa shape index (κ1) is 15.9. The summed E-state index contributed by atoms with van der Waals surface area (Å²) in [6.45, 7) is 9.49. The highest BCUT2D eigenvalue weighted by molar-refractivity contribution is 5.58. The summed E-state index contributed by atoms with van der Waals surface area (Å²) in [6.07, 6.45) is 2.54. The molecule has 0 unspecified atom stereocenters. The monoisotopic (exact) mass is 311 g/mol. The van der Waals surface area contributed by atoms with Gasteiger partial charge >= 0.3 is 0 Å². The Bertz CT molecular complexity index is 670. The summed E-state index contributed by atoms with van der Waals surface area (Å²) < 4.78 is 0. The minimum Gasteiger partial charge on any atom is -0.367 e. The van der Waals surface area contributed by atoms with E-state index >= 15 is 0 Å². The summed E-state index contributed by atoms with van der Waals surface area (Å²) in [5.74, 6) is 1.53. The lowest BCUT2D eigenvalue weighted by atomic mass is 10.1. The van der Waals surface area contributed by atoms with E-state index in [1.54, 1.807) is 0 Å². The van der Waals surface area contributed by atoms with Crippen molar-refractivity contribution in [3.63, 3.8) is 0 Å². The lowest BCUT2D eigenvalue weighted by Crippen LogP contribution is -2.35. The standard InChI is InChI=1S/C18H25N5/c1-4-23-10-6-9-16(23)12-19-17-14(3)21-22-18(20-17)15-8-5-7-13(2)11-15/h5,7-8,11,16H,4,6,9-10,12H2,1-3H3,(H,19,20,22)/t16-/m1/s1. The highest BCUT2D eigenvalue weighted by atomic mass is 15.2. The Morgan fingerprint density at radius 3 is 2.91 bits per heavy atom. The smallest absolute Gasteiger partial charge is 0.183 e. The topological polar surface area (TPSA) is 53.9 Å². The van der Waals surface area contributed by atoms with Gasteiger partial charge in [0.05, 0.1) is 0 Å². The molecule has 1 N–H and O–H groups in total. The van der Waals surface area contributed by atoms with Crippen LogP contribution in [0.15, 0.2) is 24.3 Å². The molecule has 1 aromatic carbocycles. The normalized spacial score (nSPS) is 18.3. The van der Waals surface area contributed by atoms with E-state index in [4.69, 9.17) is 4.98 Å². The van der Waals surface area contributed by atoms with Gasteiger partial charge in [0.25, 0.3) is 0 Å². The summed E-state index contributed by atoms with van der Waals surface area (Å²) in [4.78, 5) is 7.22. The maximum atomic E-state index is 4.69. The minimum atomic E-state index is 0.594. The maximum Gasteiger partial charge on any atom is 0.183 e. The molecule has 1 aliphatic heterocycles. The van der Waals surface area contributed by atoms with Crippen LogP contribution in [-0.4, -0.2) is 45.8 Å². The third-order valence-electron chi connectivity index (χ3n) is 4.54. The van der Waals surface area contributed by atoms with E-state index in [1.807, 2.05) is 19.1 Å². The number of nitrogens with one attached hydrogen (secondary N) is 1. The first-order valence-corrected chi connectivity index (χ1v) is 8.43. The number of likely N-dealkylation sites (N-methyl/N-ethyl adjacent to an activating group) is 1. The van der Waals surface area contributed by atoms with E-state index in [0.29, 0.717) is 11.9 Å². The molecule has 1 aromatic heterocycles. The summed E-state index contributed by atoms with van der Waals surface area (Å²) in [7, 11) is 0. The fraction of sp³-hybridized carbons (Fsp3) is 0.500. The molecule has 0 bridgehead atoms. The number of aromatic nitrogens is 3. The highest BCUT2D eigenvalue weighted by Gasteiger charge is 2.23. The van der Waals surface area contributed by atoms with Crippen molar-refractivity contribution in [2.45, 2.75) is 39.7 Å². The van der Waals surface area contributed by atoms with Crippen LogP contribution >= 0.6 is 0 Å². The summed E-state index contributed by atoms with van der Waals surface area (Å²) in [5, 5.41) is 12.0. The largest absolute Gasteiger partial charge is 0.367 e. The minimum absolute atomic E-state index is 0.594. The maximum absolute atomic E-state index is 4.69. The van der Waals surface area contributed by atoms with Crippen LogP contribution in [0, 0.1) is 13.8 Å². The Morgan fingerprint density at radius 2 is 2.13 bits per heavy atom. The van der Waals surface area contributed by atoms with Crippen LogP contribution in [-0.2, 0) is 0 Å². The molecule has 1 saturated heterocycles. The van der Waals surface area contributed by atoms with Crippen molar-refractivity contribution in [2.75, 3.05) is 25.0 Å². The molecule has 0 amide bonds. The second-order valence-electron chi connectivity index (χ2n) is 6.24. The summed E-state index contributed by atoms with van der Waals surface area (Å²) in [5.41, 5.74) is 3.06. The molecule has 0 aliphatic carbocycles. The van der Waals surface area contributed by atoms with Crippen LogP contribution in [0.25, 0.3) is 11.4 Å². The molecule has 5 heteroatoms. The lowest BCUT2D eigenvalue weighted by molar-refractivity contribution is 0.277. The van der Waals surface area contributed by atoms with Gasteiger partial charge in [-0.05, 0) is 45.8 Å². The van der Waals surface area contributed by atoms with Crippen molar-refractivity contribution in [1.82, 2.24) is 20.1 Å². The van der Waals surface area contributed by atoms with Gasteiger partial charge in [-0.3, -0.25) is 4.90 Å². The Morgan fingerprint density at radius 1 is 1.26 bits per heavy atom. The Balaban J connectivity index is 1.76. The lowest BCUT2D eigenvalue weighted by Gasteiger charge is -2.23. The zero-order chi connectivity index (χ0) is 16.2. The van der Waals surface area contributed by atoms with Crippen molar-refractivity contribution < 1.29 is 0 Å². The molecule has 23 heavy (non-hydrogen) atoms. The Labute approximate surface area is 138 Å². The van der Waals surface area contributed by atoms with Gasteiger partial charge in [0, 0.05) is 18.2 Å². The molecular formula is C18H25N5. The van der Waals surface area contributed by atoms with Crippen LogP contribution in [0.2, 0.25) is 0 Å². The number of anilines is 1. The fourth-order valence-electron chi connectivity index (χ4n) is 3.21. The van der Waals surface area contributed by atoms with Gasteiger partial charge in [-0.1, -0.05) is 30.7 Å². The molecule has 1 fully saturated rings. The zero-order valence-corrected chi connectivity index (χ0v) is 14.2. The highest BCUT2D eigenvalue weighted by Crippen LogP contribution is 2.20. The Hall–Kier alpha value is -2.01. The predicted octanol–water partition coefficient (Wildman–Crippen LogP) is 3.05. The fourth-order valence-corrected chi connectivity index (χ4v) is 3.21. The van der Waals surface area contributed by atoms with E-state index in [9.17, 15) is 0 Å². The predicted molar refractivity (Wildman–Crippen MR) is 93.5 cm³/mol. The van der Waals surface area contributed by atoms with E-state index < -0.39 is 0 Å². The van der Waals surface area contributed by atoms with Crippen molar-refractivity contribution in [2.24, 2.45) is 0 Å². The molecular weight excluding hydrogens is 286 g/mol. The van der Waals surface area contributed by atoms with Gasteiger partial charge < -0.3 is 5.32 Å². The van der Waals surface area contributed by atoms with Crippen LogP contribution in [0.3, 0.4) is 0 Å². The zero-order valence-electron chi connectivity index (χ0n) is 14.2. The average Bonchev–Trinajstić information content (AvgIpc) is 3.01. The molecule has 0 spiro atoms. The number of hydrogen-bond acceptors (Lipinski definition) is 5. The third-order valence-corrected chi connectivity index (χ3v) is 4.54. The van der Waals surface area contributed by atoms with Crippen LogP contribution in [0.4, 0.5) is 5.82 Å². The molecule has 0 saturated carbocycles. The van der Waals surface area contributed by atoms with Crippen molar-refractivity contribution >= 4 is 5.82 Å². The third kappa shape index (κ3) is 3.67. The van der Waals surface area contributed by atoms with Crippen LogP contribution in [0.5, 0.6) is 0 Å². The Kier molecular flexibility index (Phi) is 4.86. The number of aryl methyl sites for hydroxylation is 2. The molecule has 5 nitrogen and oxygen atoms in total. The number of nitrogens with zero attached hydrogens (tertiary/aromatic N) is 4. The summed E-state index contributed by atoms with van der Waals surface area (Å²) in [6, 6.07) is 8.81. The average molecular weight is 311 g/mol. The quantitative estimate of drug-likeness (QED) is 0.920. The number of hydrogen-bond donors (Lipinski definition) is 1. The molecule has 2 heterocycles. The first-order chi connectivity index (χ1) is 11.2. The molecule has 1 aliphatic rings. The number of benzene rings is 1. The van der Waals surface area contributed by atoms with Crippen molar-refractivity contribution in [3.8, 4) is 11.4 Å². The molecule has 122 valence electrons. The molecule has 3 rings (SSSR count). The van der Waals surface area contributed by atoms with E-state index in [2.05, 4.69) is 46.4 Å². The second-order valence-corrected chi connectivity index (χ2v) is 6.24. The van der Waals surface area contributed by atoms with E-state index in [-0.39, 0.29) is 0 Å². The van der Waals surface area contributed by atoms with E-state index in [0.717, 1.165) is 30.2 Å². The van der Waals surface area contributed by atoms with Gasteiger partial charge in [0.1, 0.15) is 5.69 Å². The molecule has 0 radical (unpaired) electrons. The number of likely N-dealkylation sites (tertiary alicyclic amines) is 1. The van der Waals surface area contributed by atoms with Gasteiger partial charge in [0.2, 0.25) is 0 Å². The molecule has 2 aromatic rings. The summed E-state index contributed by atoms with van der Waals surface area (Å²) >= 11 is 0. The van der Waals surface area contributed by atoms with Gasteiger partial charge in [-0.2, -0.15) is 0 Å².